The molecule has 1 amide bonds. The van der Waals surface area contributed by atoms with Crippen LogP contribution in [-0.4, -0.2) is 93.8 Å². The number of aliphatic hydroxyl groups is 1. The number of likely N-dealkylation sites (tertiary alicyclic amines) is 1. The molecule has 0 unspecified atom stereocenters. The lowest BCUT2D eigenvalue weighted by atomic mass is 9.65. The highest BCUT2D eigenvalue weighted by molar-refractivity contribution is 7.90. The lowest BCUT2D eigenvalue weighted by Gasteiger charge is -2.53. The molecule has 292 valence electrons. The Bertz CT molecular complexity index is 1710. The summed E-state index contributed by atoms with van der Waals surface area (Å²) in [5, 5.41) is 9.82. The molecule has 3 fully saturated rings. The van der Waals surface area contributed by atoms with Crippen molar-refractivity contribution in [1.82, 2.24) is 9.62 Å². The van der Waals surface area contributed by atoms with Crippen LogP contribution in [0.15, 0.2) is 36.4 Å². The molecule has 53 heavy (non-hydrogen) atoms. The smallest absolute Gasteiger partial charge is 0.264 e. The molecule has 4 heterocycles. The van der Waals surface area contributed by atoms with Crippen molar-refractivity contribution in [3.05, 3.63) is 58.1 Å². The van der Waals surface area contributed by atoms with Gasteiger partial charge in [0, 0.05) is 54.0 Å². The predicted molar refractivity (Wildman–Crippen MR) is 207 cm³/mol. The Morgan fingerprint density at radius 1 is 0.962 bits per heavy atom. The van der Waals surface area contributed by atoms with Gasteiger partial charge in [0.25, 0.3) is 5.91 Å². The van der Waals surface area contributed by atoms with E-state index in [-0.39, 0.29) is 36.2 Å². The number of alkyl halides is 1. The van der Waals surface area contributed by atoms with Gasteiger partial charge in [-0.05, 0) is 111 Å². The van der Waals surface area contributed by atoms with Gasteiger partial charge in [0.1, 0.15) is 12.4 Å². The number of carbonyl (C=O) groups is 1. The molecule has 2 aromatic rings. The number of aliphatic hydroxyl groups excluding tert-OH is 1. The number of nitrogens with one attached hydrogen (secondary N) is 1. The molecule has 2 aromatic carbocycles. The first-order valence-corrected chi connectivity index (χ1v) is 21.9. The molecular formula is C40H55Cl2N3O7S. The highest BCUT2D eigenvalue weighted by atomic mass is 35.5. The Morgan fingerprint density at radius 3 is 2.47 bits per heavy atom. The zero-order valence-electron chi connectivity index (χ0n) is 31.0. The minimum absolute atomic E-state index is 0.0807. The molecule has 5 atom stereocenters. The Hall–Kier alpha value is -2.12. The predicted octanol–water partition coefficient (Wildman–Crippen LogP) is 6.25. The number of amides is 1. The molecule has 1 aliphatic carbocycles. The topological polar surface area (TPSA) is 118 Å². The molecule has 13 heteroatoms. The number of rotatable bonds is 4. The number of ether oxygens (including phenoxy) is 3. The number of fused-ring (bicyclic) bond motifs is 3. The fourth-order valence-electron chi connectivity index (χ4n) is 9.06. The summed E-state index contributed by atoms with van der Waals surface area (Å²) in [6, 6.07) is 11.4. The van der Waals surface area contributed by atoms with E-state index in [1.807, 2.05) is 37.3 Å². The summed E-state index contributed by atoms with van der Waals surface area (Å²) < 4.78 is 49.1. The third kappa shape index (κ3) is 8.52. The van der Waals surface area contributed by atoms with Gasteiger partial charge < -0.3 is 24.2 Å². The summed E-state index contributed by atoms with van der Waals surface area (Å²) in [4.78, 5) is 18.2. The summed E-state index contributed by atoms with van der Waals surface area (Å²) in [5.41, 5.74) is 3.12. The Labute approximate surface area is 324 Å². The van der Waals surface area contributed by atoms with Crippen molar-refractivity contribution in [3.63, 3.8) is 0 Å². The van der Waals surface area contributed by atoms with Gasteiger partial charge in [0.15, 0.2) is 6.29 Å². The minimum atomic E-state index is -3.94. The third-order valence-electron chi connectivity index (χ3n) is 12.9. The van der Waals surface area contributed by atoms with E-state index in [1.165, 1.54) is 5.56 Å². The van der Waals surface area contributed by atoms with Crippen LogP contribution in [0.1, 0.15) is 80.3 Å². The number of halogens is 2. The van der Waals surface area contributed by atoms with Crippen molar-refractivity contribution >= 4 is 44.8 Å². The Balaban J connectivity index is 1.16. The van der Waals surface area contributed by atoms with Crippen molar-refractivity contribution in [2.75, 3.05) is 56.8 Å². The zero-order chi connectivity index (χ0) is 37.3. The van der Waals surface area contributed by atoms with Crippen LogP contribution in [0, 0.1) is 29.1 Å². The molecule has 1 saturated carbocycles. The molecular weight excluding hydrogens is 737 g/mol. The van der Waals surface area contributed by atoms with Crippen molar-refractivity contribution in [2.45, 2.75) is 89.4 Å². The summed E-state index contributed by atoms with van der Waals surface area (Å²) in [6.07, 6.45) is 7.05. The van der Waals surface area contributed by atoms with E-state index in [9.17, 15) is 18.3 Å². The van der Waals surface area contributed by atoms with Crippen molar-refractivity contribution in [3.8, 4) is 5.75 Å². The van der Waals surface area contributed by atoms with E-state index < -0.39 is 21.2 Å². The highest BCUT2D eigenvalue weighted by Gasteiger charge is 2.48. The lowest BCUT2D eigenvalue weighted by Crippen LogP contribution is -2.65. The first-order valence-electron chi connectivity index (χ1n) is 19.5. The molecule has 10 nitrogen and oxygen atoms in total. The highest BCUT2D eigenvalue weighted by Crippen LogP contribution is 2.47. The number of sulfonamides is 1. The van der Waals surface area contributed by atoms with E-state index in [0.717, 1.165) is 82.4 Å². The first-order chi connectivity index (χ1) is 25.5. The van der Waals surface area contributed by atoms with E-state index >= 15 is 0 Å². The van der Waals surface area contributed by atoms with Crippen LogP contribution in [0.25, 0.3) is 0 Å². The summed E-state index contributed by atoms with van der Waals surface area (Å²) in [7, 11) is -3.94. The van der Waals surface area contributed by atoms with Crippen LogP contribution in [0.4, 0.5) is 5.69 Å². The molecule has 0 spiro atoms. The zero-order valence-corrected chi connectivity index (χ0v) is 33.3. The number of carbonyl (C=O) groups excluding carboxylic acids is 1. The standard InChI is InChI=1S/C40H55Cl2N3O7S/c1-26-6-5-8-35(39-51-20-33(21-52-39)45-23-40(22-41,24-45)25-46)34-13-10-30(34)18-44-15-4-3-7-28-16-32(42)12-9-31(28)19-50-37-14-11-29(17-36(37)44)38(47)43-53(48,49)27(26)2/h9,11-12,14,16-17,26-27,30,33-35,39,46H,3-8,10,13,15,18-25H2,1-2H3,(H,43,47)/t26-,27+,30-,33?,34+,35-,39?/m0/s1. The normalized spacial score (nSPS) is 32.4. The van der Waals surface area contributed by atoms with Crippen molar-refractivity contribution < 1.29 is 32.5 Å². The molecule has 2 N–H and O–H groups in total. The summed E-state index contributed by atoms with van der Waals surface area (Å²) >= 11 is 12.6. The van der Waals surface area contributed by atoms with Crippen LogP contribution in [0.3, 0.4) is 0 Å². The number of nitrogens with zero attached hydrogens (tertiary/aromatic N) is 2. The van der Waals surface area contributed by atoms with Crippen LogP contribution in [0.2, 0.25) is 5.02 Å². The molecule has 0 aromatic heterocycles. The fourth-order valence-corrected chi connectivity index (χ4v) is 10.8. The second-order valence-corrected chi connectivity index (χ2v) is 19.2. The quantitative estimate of drug-likeness (QED) is 0.347. The monoisotopic (exact) mass is 791 g/mol. The third-order valence-corrected chi connectivity index (χ3v) is 15.6. The number of benzene rings is 2. The van der Waals surface area contributed by atoms with Gasteiger partial charge >= 0.3 is 0 Å². The van der Waals surface area contributed by atoms with Crippen LogP contribution >= 0.6 is 23.2 Å². The number of hydrogen-bond donors (Lipinski definition) is 2. The maximum atomic E-state index is 13.6. The second kappa shape index (κ2) is 16.5. The number of anilines is 1. The maximum absolute atomic E-state index is 13.6. The van der Waals surface area contributed by atoms with Crippen LogP contribution in [-0.2, 0) is 32.5 Å². The largest absolute Gasteiger partial charge is 0.487 e. The van der Waals surface area contributed by atoms with Crippen molar-refractivity contribution in [1.29, 1.82) is 0 Å². The Kier molecular flexibility index (Phi) is 12.2. The van der Waals surface area contributed by atoms with Gasteiger partial charge in [0.05, 0.1) is 36.8 Å². The Morgan fingerprint density at radius 2 is 1.75 bits per heavy atom. The van der Waals surface area contributed by atoms with E-state index in [2.05, 4.69) is 14.5 Å². The lowest BCUT2D eigenvalue weighted by molar-refractivity contribution is -0.253. The SMILES string of the molecule is C[C@@H]1[C@@H](C)CCC[C@H](C2OCC(N3CC(CO)(CCl)C3)CO2)[C@@H]2CC[C@H]2CN2CCCCc3cc(Cl)ccc3COc3ccc(cc32)C(=O)NS1(=O)=O. The first kappa shape index (κ1) is 39.1. The van der Waals surface area contributed by atoms with Gasteiger partial charge in [-0.2, -0.15) is 0 Å². The second-order valence-electron chi connectivity index (χ2n) is 16.4. The van der Waals surface area contributed by atoms with Gasteiger partial charge in [-0.1, -0.05) is 31.0 Å². The van der Waals surface area contributed by atoms with Crippen molar-refractivity contribution in [2.24, 2.45) is 29.1 Å². The van der Waals surface area contributed by atoms with E-state index in [0.29, 0.717) is 60.3 Å². The van der Waals surface area contributed by atoms with Gasteiger partial charge in [-0.3, -0.25) is 9.69 Å². The number of hydrogen-bond acceptors (Lipinski definition) is 9. The molecule has 0 radical (unpaired) electrons. The van der Waals surface area contributed by atoms with E-state index in [4.69, 9.17) is 37.4 Å². The minimum Gasteiger partial charge on any atom is -0.487 e. The summed E-state index contributed by atoms with van der Waals surface area (Å²) in [5.74, 6) is 1.26. The summed E-state index contributed by atoms with van der Waals surface area (Å²) in [6.45, 7) is 8.27. The van der Waals surface area contributed by atoms with E-state index in [1.54, 1.807) is 13.0 Å². The molecule has 2 saturated heterocycles. The molecule has 5 aliphatic rings. The number of aryl methyl sites for hydroxylation is 1. The van der Waals surface area contributed by atoms with Gasteiger partial charge in [-0.15, -0.1) is 11.6 Å². The van der Waals surface area contributed by atoms with Crippen LogP contribution < -0.4 is 14.4 Å². The molecule has 4 aliphatic heterocycles. The fraction of sp³-hybridized carbons (Fsp3) is 0.675. The maximum Gasteiger partial charge on any atom is 0.264 e. The molecule has 2 bridgehead atoms. The molecule has 7 rings (SSSR count). The average molecular weight is 793 g/mol. The van der Waals surface area contributed by atoms with Crippen LogP contribution in [0.5, 0.6) is 5.75 Å². The average Bonchev–Trinajstić information content (AvgIpc) is 3.15. The van der Waals surface area contributed by atoms with Gasteiger partial charge in [-0.25, -0.2) is 13.1 Å². The van der Waals surface area contributed by atoms with Gasteiger partial charge in [0.2, 0.25) is 10.0 Å².